The molecule has 4 rings (SSSR count). The molecule has 1 fully saturated rings. The Morgan fingerprint density at radius 3 is 2.56 bits per heavy atom. The number of aryl methyl sites for hydroxylation is 1. The van der Waals surface area contributed by atoms with E-state index in [4.69, 9.17) is 14.2 Å². The number of ether oxygens (including phenoxy) is 3. The third-order valence-electron chi connectivity index (χ3n) is 5.80. The highest BCUT2D eigenvalue weighted by atomic mass is 32.1. The first-order valence-electron chi connectivity index (χ1n) is 11.8. The van der Waals surface area contributed by atoms with Crippen LogP contribution in [0.2, 0.25) is 0 Å². The number of nitrogens with zero attached hydrogens (tertiary/aromatic N) is 3. The van der Waals surface area contributed by atoms with Crippen molar-refractivity contribution in [2.24, 2.45) is 0 Å². The number of carbonyl (C=O) groups excluding carboxylic acids is 2. The molecule has 11 heteroatoms. The van der Waals surface area contributed by atoms with Crippen LogP contribution in [0.15, 0.2) is 24.7 Å². The summed E-state index contributed by atoms with van der Waals surface area (Å²) in [5.74, 6) is 0.629. The quantitative estimate of drug-likeness (QED) is 0.431. The second-order valence-electron chi connectivity index (χ2n) is 9.67. The van der Waals surface area contributed by atoms with Crippen molar-refractivity contribution in [3.8, 4) is 5.88 Å². The number of methoxy groups -OCH3 is 1. The van der Waals surface area contributed by atoms with Gasteiger partial charge in [-0.1, -0.05) is 0 Å². The Kier molecular flexibility index (Phi) is 7.58. The molecule has 192 valence electrons. The van der Waals surface area contributed by atoms with Gasteiger partial charge in [0, 0.05) is 12.2 Å². The van der Waals surface area contributed by atoms with Crippen molar-refractivity contribution in [2.75, 3.05) is 12.4 Å². The number of fused-ring (bicyclic) bond motifs is 1. The van der Waals surface area contributed by atoms with Gasteiger partial charge in [0.15, 0.2) is 0 Å². The summed E-state index contributed by atoms with van der Waals surface area (Å²) in [7, 11) is 1.36. The number of aromatic nitrogens is 3. The van der Waals surface area contributed by atoms with Crippen molar-refractivity contribution < 1.29 is 23.8 Å². The molecule has 0 atom stereocenters. The Labute approximate surface area is 213 Å². The summed E-state index contributed by atoms with van der Waals surface area (Å²) in [5, 5.41) is 7.02. The van der Waals surface area contributed by atoms with Crippen molar-refractivity contribution >= 4 is 45.1 Å². The molecule has 0 aliphatic heterocycles. The first kappa shape index (κ1) is 25.6. The van der Waals surface area contributed by atoms with Crippen molar-refractivity contribution in [3.05, 3.63) is 35.1 Å². The van der Waals surface area contributed by atoms with Crippen LogP contribution in [0.5, 0.6) is 5.88 Å². The predicted octanol–water partition coefficient (Wildman–Crippen LogP) is 5.14. The molecule has 36 heavy (non-hydrogen) atoms. The number of thiophene rings is 1. The van der Waals surface area contributed by atoms with Crippen molar-refractivity contribution in [1.29, 1.82) is 0 Å². The lowest BCUT2D eigenvalue weighted by molar-refractivity contribution is 0.0469. The van der Waals surface area contributed by atoms with E-state index in [9.17, 15) is 9.59 Å². The van der Waals surface area contributed by atoms with Gasteiger partial charge in [-0.15, -0.1) is 11.3 Å². The zero-order valence-corrected chi connectivity index (χ0v) is 21.9. The van der Waals surface area contributed by atoms with Crippen LogP contribution in [0.1, 0.15) is 61.7 Å². The molecule has 0 spiro atoms. The molecule has 0 saturated heterocycles. The van der Waals surface area contributed by atoms with Crippen molar-refractivity contribution in [2.45, 2.75) is 71.1 Å². The number of anilines is 2. The number of carbonyl (C=O) groups is 2. The van der Waals surface area contributed by atoms with Crippen LogP contribution in [0.4, 0.5) is 16.3 Å². The molecule has 1 amide bonds. The minimum absolute atomic E-state index is 0.0311. The van der Waals surface area contributed by atoms with Crippen LogP contribution in [0.25, 0.3) is 10.2 Å². The third kappa shape index (κ3) is 6.01. The predicted molar refractivity (Wildman–Crippen MR) is 137 cm³/mol. The minimum Gasteiger partial charge on any atom is -0.473 e. The van der Waals surface area contributed by atoms with Crippen LogP contribution >= 0.6 is 11.3 Å². The SMILES string of the molecule is COC(=O)c1sc2ncnc(Nc3cccnc3O[C@H]3CC[C@H](NC(=O)OC(C)(C)C)CC3)c2c1C. The highest BCUT2D eigenvalue weighted by molar-refractivity contribution is 7.20. The highest BCUT2D eigenvalue weighted by Gasteiger charge is 2.27. The Balaban J connectivity index is 1.44. The molecule has 3 heterocycles. The first-order chi connectivity index (χ1) is 17.1. The second-order valence-corrected chi connectivity index (χ2v) is 10.7. The molecule has 0 radical (unpaired) electrons. The highest BCUT2D eigenvalue weighted by Crippen LogP contribution is 2.36. The van der Waals surface area contributed by atoms with Gasteiger partial charge in [-0.25, -0.2) is 24.5 Å². The Morgan fingerprint density at radius 1 is 1.11 bits per heavy atom. The molecule has 0 aromatic carbocycles. The summed E-state index contributed by atoms with van der Waals surface area (Å²) < 4.78 is 16.5. The van der Waals surface area contributed by atoms with E-state index in [1.54, 1.807) is 6.20 Å². The fourth-order valence-electron chi connectivity index (χ4n) is 4.12. The molecule has 1 aliphatic rings. The molecule has 0 unspecified atom stereocenters. The van der Waals surface area contributed by atoms with Gasteiger partial charge < -0.3 is 24.8 Å². The normalized spacial score (nSPS) is 17.9. The van der Waals surface area contributed by atoms with Gasteiger partial charge in [0.2, 0.25) is 5.88 Å². The smallest absolute Gasteiger partial charge is 0.407 e. The third-order valence-corrected chi connectivity index (χ3v) is 6.98. The van der Waals surface area contributed by atoms with Gasteiger partial charge >= 0.3 is 12.1 Å². The van der Waals surface area contributed by atoms with Gasteiger partial charge in [-0.3, -0.25) is 0 Å². The van der Waals surface area contributed by atoms with Gasteiger partial charge in [0.25, 0.3) is 0 Å². The van der Waals surface area contributed by atoms with E-state index in [-0.39, 0.29) is 12.1 Å². The fourth-order valence-corrected chi connectivity index (χ4v) is 5.19. The number of esters is 1. The van der Waals surface area contributed by atoms with Gasteiger partial charge in [0.05, 0.1) is 12.5 Å². The largest absolute Gasteiger partial charge is 0.473 e. The number of nitrogens with one attached hydrogen (secondary N) is 2. The fraction of sp³-hybridized carbons (Fsp3) is 0.480. The van der Waals surface area contributed by atoms with Crippen LogP contribution < -0.4 is 15.4 Å². The van der Waals surface area contributed by atoms with Gasteiger partial charge in [-0.05, 0) is 71.1 Å². The summed E-state index contributed by atoms with van der Waals surface area (Å²) in [5.41, 5.74) is 0.897. The maximum atomic E-state index is 12.2. The first-order valence-corrected chi connectivity index (χ1v) is 12.7. The maximum Gasteiger partial charge on any atom is 0.407 e. The molecule has 2 N–H and O–H groups in total. The van der Waals surface area contributed by atoms with E-state index in [1.807, 2.05) is 39.8 Å². The number of hydrogen-bond donors (Lipinski definition) is 2. The van der Waals surface area contributed by atoms with E-state index in [2.05, 4.69) is 25.6 Å². The van der Waals surface area contributed by atoms with Gasteiger partial charge in [0.1, 0.15) is 39.2 Å². The van der Waals surface area contributed by atoms with Crippen molar-refractivity contribution in [1.82, 2.24) is 20.3 Å². The van der Waals surface area contributed by atoms with E-state index < -0.39 is 17.7 Å². The number of hydrogen-bond acceptors (Lipinski definition) is 10. The lowest BCUT2D eigenvalue weighted by Gasteiger charge is -2.30. The standard InChI is InChI=1S/C25H31N5O5S/c1-14-18-20(27-13-28-22(18)36-19(14)23(31)33-5)30-17-7-6-12-26-21(17)34-16-10-8-15(9-11-16)29-24(32)35-25(2,3)4/h6-7,12-13,15-16H,8-11H2,1-5H3,(H,29,32)(H,27,28,30)/t15-,16-. The van der Waals surface area contributed by atoms with E-state index in [1.165, 1.54) is 24.8 Å². The molecular formula is C25H31N5O5S. The van der Waals surface area contributed by atoms with E-state index in [0.717, 1.165) is 36.6 Å². The number of amides is 1. The van der Waals surface area contributed by atoms with Crippen molar-refractivity contribution in [3.63, 3.8) is 0 Å². The van der Waals surface area contributed by atoms with E-state index in [0.29, 0.717) is 27.1 Å². The number of pyridine rings is 1. The Morgan fingerprint density at radius 2 is 1.86 bits per heavy atom. The summed E-state index contributed by atoms with van der Waals surface area (Å²) in [6.45, 7) is 7.39. The zero-order chi connectivity index (χ0) is 25.9. The monoisotopic (exact) mass is 513 g/mol. The zero-order valence-electron chi connectivity index (χ0n) is 21.1. The molecule has 3 aromatic rings. The minimum atomic E-state index is -0.523. The molecule has 3 aromatic heterocycles. The van der Waals surface area contributed by atoms with Crippen LogP contribution in [0.3, 0.4) is 0 Å². The number of rotatable bonds is 6. The lowest BCUT2D eigenvalue weighted by atomic mass is 9.93. The Hall–Kier alpha value is -3.47. The average Bonchev–Trinajstić information content (AvgIpc) is 3.17. The summed E-state index contributed by atoms with van der Waals surface area (Å²) >= 11 is 1.27. The number of alkyl carbamates (subject to hydrolysis) is 1. The molecule has 10 nitrogen and oxygen atoms in total. The second kappa shape index (κ2) is 10.7. The summed E-state index contributed by atoms with van der Waals surface area (Å²) in [6, 6.07) is 3.74. The topological polar surface area (TPSA) is 125 Å². The molecule has 1 saturated carbocycles. The average molecular weight is 514 g/mol. The Bertz CT molecular complexity index is 1250. The van der Waals surface area contributed by atoms with Crippen LogP contribution in [-0.2, 0) is 9.47 Å². The molecule has 0 bridgehead atoms. The van der Waals surface area contributed by atoms with Gasteiger partial charge in [-0.2, -0.15) is 0 Å². The molecular weight excluding hydrogens is 482 g/mol. The van der Waals surface area contributed by atoms with Crippen LogP contribution in [-0.4, -0.2) is 51.9 Å². The molecule has 1 aliphatic carbocycles. The maximum absolute atomic E-state index is 12.2. The van der Waals surface area contributed by atoms with E-state index >= 15 is 0 Å². The lowest BCUT2D eigenvalue weighted by Crippen LogP contribution is -2.42. The van der Waals surface area contributed by atoms with Crippen LogP contribution in [0, 0.1) is 6.92 Å². The summed E-state index contributed by atoms with van der Waals surface area (Å²) in [4.78, 5) is 38.6. The summed E-state index contributed by atoms with van der Waals surface area (Å²) in [6.07, 6.45) is 5.84.